The molecule has 0 aliphatic heterocycles. The van der Waals surface area contributed by atoms with Crippen LogP contribution in [0.15, 0.2) is 30.3 Å². The summed E-state index contributed by atoms with van der Waals surface area (Å²) in [6, 6.07) is 8.87. The highest BCUT2D eigenvalue weighted by Gasteiger charge is 2.12. The van der Waals surface area contributed by atoms with Crippen molar-refractivity contribution < 1.29 is 14.4 Å². The zero-order valence-electron chi connectivity index (χ0n) is 9.14. The minimum Gasteiger partial charge on any atom is -0.409 e. The first-order chi connectivity index (χ1) is 7.09. The summed E-state index contributed by atoms with van der Waals surface area (Å²) in [7, 11) is 1.52. The standard InChI is InChI=1S/C11H15NO3/c1-9(2)15-12(3)11(13)14-10-7-5-4-6-8-10/h4-9H,1-3H3. The summed E-state index contributed by atoms with van der Waals surface area (Å²) in [6.45, 7) is 3.68. The molecule has 0 atom stereocenters. The number of para-hydroxylation sites is 1. The first-order valence-electron chi connectivity index (χ1n) is 4.77. The van der Waals surface area contributed by atoms with Crippen molar-refractivity contribution in [2.24, 2.45) is 0 Å². The lowest BCUT2D eigenvalue weighted by Gasteiger charge is -2.18. The van der Waals surface area contributed by atoms with Gasteiger partial charge < -0.3 is 4.74 Å². The van der Waals surface area contributed by atoms with Gasteiger partial charge in [0.25, 0.3) is 0 Å². The second-order valence-electron chi connectivity index (χ2n) is 3.33. The van der Waals surface area contributed by atoms with Gasteiger partial charge in [-0.05, 0) is 26.0 Å². The van der Waals surface area contributed by atoms with Gasteiger partial charge in [0, 0.05) is 7.05 Å². The molecule has 0 radical (unpaired) electrons. The fourth-order valence-electron chi connectivity index (χ4n) is 1.01. The average Bonchev–Trinajstić information content (AvgIpc) is 2.18. The van der Waals surface area contributed by atoms with E-state index in [9.17, 15) is 4.79 Å². The van der Waals surface area contributed by atoms with E-state index in [1.54, 1.807) is 24.3 Å². The maximum atomic E-state index is 11.4. The number of rotatable bonds is 3. The molecule has 0 aromatic heterocycles. The van der Waals surface area contributed by atoms with Crippen molar-refractivity contribution >= 4 is 6.09 Å². The maximum absolute atomic E-state index is 11.4. The molecule has 0 saturated heterocycles. The van der Waals surface area contributed by atoms with E-state index >= 15 is 0 Å². The van der Waals surface area contributed by atoms with E-state index in [0.717, 1.165) is 5.06 Å². The van der Waals surface area contributed by atoms with Crippen LogP contribution >= 0.6 is 0 Å². The van der Waals surface area contributed by atoms with Crippen molar-refractivity contribution in [3.63, 3.8) is 0 Å². The van der Waals surface area contributed by atoms with E-state index in [0.29, 0.717) is 5.75 Å². The molecule has 0 aliphatic rings. The number of carbonyl (C=O) groups excluding carboxylic acids is 1. The summed E-state index contributed by atoms with van der Waals surface area (Å²) in [6.07, 6.45) is -0.590. The number of benzene rings is 1. The van der Waals surface area contributed by atoms with Crippen molar-refractivity contribution in [3.8, 4) is 5.75 Å². The number of carbonyl (C=O) groups is 1. The number of hydrogen-bond acceptors (Lipinski definition) is 3. The van der Waals surface area contributed by atoms with Crippen LogP contribution < -0.4 is 4.74 Å². The van der Waals surface area contributed by atoms with Crippen molar-refractivity contribution in [1.29, 1.82) is 0 Å². The quantitative estimate of drug-likeness (QED) is 0.718. The molecule has 4 nitrogen and oxygen atoms in total. The van der Waals surface area contributed by atoms with Gasteiger partial charge in [-0.3, -0.25) is 4.84 Å². The Morgan fingerprint density at radius 3 is 2.40 bits per heavy atom. The SMILES string of the molecule is CC(C)ON(C)C(=O)Oc1ccccc1. The molecule has 82 valence electrons. The Labute approximate surface area is 89.4 Å². The van der Waals surface area contributed by atoms with E-state index in [1.807, 2.05) is 19.9 Å². The van der Waals surface area contributed by atoms with E-state index in [-0.39, 0.29) is 6.10 Å². The number of hydroxylamine groups is 2. The Morgan fingerprint density at radius 1 is 1.27 bits per heavy atom. The average molecular weight is 209 g/mol. The third-order valence-electron chi connectivity index (χ3n) is 1.57. The van der Waals surface area contributed by atoms with E-state index in [1.165, 1.54) is 7.05 Å². The van der Waals surface area contributed by atoms with E-state index in [4.69, 9.17) is 9.57 Å². The summed E-state index contributed by atoms with van der Waals surface area (Å²) >= 11 is 0. The molecular formula is C11H15NO3. The lowest BCUT2D eigenvalue weighted by molar-refractivity contribution is -0.140. The molecule has 15 heavy (non-hydrogen) atoms. The molecule has 1 rings (SSSR count). The fourth-order valence-corrected chi connectivity index (χ4v) is 1.01. The van der Waals surface area contributed by atoms with Gasteiger partial charge in [-0.25, -0.2) is 4.79 Å². The molecule has 0 N–H and O–H groups in total. The molecule has 1 aromatic rings. The summed E-state index contributed by atoms with van der Waals surface area (Å²) in [5.41, 5.74) is 0. The van der Waals surface area contributed by atoms with Gasteiger partial charge in [-0.2, -0.15) is 5.06 Å². The van der Waals surface area contributed by atoms with Crippen LogP contribution in [0, 0.1) is 0 Å². The number of hydrogen-bond donors (Lipinski definition) is 0. The second-order valence-corrected chi connectivity index (χ2v) is 3.33. The van der Waals surface area contributed by atoms with Crippen LogP contribution in [0.2, 0.25) is 0 Å². The molecule has 0 spiro atoms. The van der Waals surface area contributed by atoms with Crippen molar-refractivity contribution in [2.75, 3.05) is 7.05 Å². The Hall–Kier alpha value is -1.55. The molecule has 0 heterocycles. The van der Waals surface area contributed by atoms with Gasteiger partial charge in [0.15, 0.2) is 0 Å². The summed E-state index contributed by atoms with van der Waals surface area (Å²) in [5.74, 6) is 0.502. The normalized spacial score (nSPS) is 10.1. The molecule has 0 fully saturated rings. The fraction of sp³-hybridized carbons (Fsp3) is 0.364. The van der Waals surface area contributed by atoms with Crippen molar-refractivity contribution in [2.45, 2.75) is 20.0 Å². The van der Waals surface area contributed by atoms with Crippen LogP contribution in [0.5, 0.6) is 5.75 Å². The Morgan fingerprint density at radius 2 is 1.87 bits per heavy atom. The van der Waals surface area contributed by atoms with Gasteiger partial charge in [0.1, 0.15) is 5.75 Å². The van der Waals surface area contributed by atoms with Gasteiger partial charge in [-0.1, -0.05) is 18.2 Å². The lowest BCUT2D eigenvalue weighted by Crippen LogP contribution is -2.32. The van der Waals surface area contributed by atoms with E-state index < -0.39 is 6.09 Å². The van der Waals surface area contributed by atoms with Gasteiger partial charge in [0.05, 0.1) is 6.10 Å². The smallest absolute Gasteiger partial charge is 0.409 e. The Kier molecular flexibility index (Phi) is 4.12. The van der Waals surface area contributed by atoms with Crippen LogP contribution in [-0.4, -0.2) is 24.3 Å². The molecular weight excluding hydrogens is 194 g/mol. The first-order valence-corrected chi connectivity index (χ1v) is 4.77. The van der Waals surface area contributed by atoms with Crippen LogP contribution in [-0.2, 0) is 4.84 Å². The van der Waals surface area contributed by atoms with Crippen LogP contribution in [0.4, 0.5) is 4.79 Å². The minimum atomic E-state index is -0.532. The van der Waals surface area contributed by atoms with Gasteiger partial charge >= 0.3 is 6.09 Å². The first kappa shape index (κ1) is 11.5. The highest BCUT2D eigenvalue weighted by atomic mass is 16.7. The predicted molar refractivity (Wildman–Crippen MR) is 56.5 cm³/mol. The topological polar surface area (TPSA) is 38.8 Å². The number of ether oxygens (including phenoxy) is 1. The van der Waals surface area contributed by atoms with Gasteiger partial charge in [-0.15, -0.1) is 0 Å². The molecule has 4 heteroatoms. The van der Waals surface area contributed by atoms with Crippen molar-refractivity contribution in [1.82, 2.24) is 5.06 Å². The third kappa shape index (κ3) is 3.99. The molecule has 1 amide bonds. The Balaban J connectivity index is 2.49. The third-order valence-corrected chi connectivity index (χ3v) is 1.57. The van der Waals surface area contributed by atoms with E-state index in [2.05, 4.69) is 0 Å². The lowest BCUT2D eigenvalue weighted by atomic mass is 10.3. The summed E-state index contributed by atoms with van der Waals surface area (Å²) in [4.78, 5) is 16.6. The number of amides is 1. The molecule has 0 saturated carbocycles. The minimum absolute atomic E-state index is 0.0571. The Bertz CT molecular complexity index is 311. The van der Waals surface area contributed by atoms with Gasteiger partial charge in [0.2, 0.25) is 0 Å². The molecule has 0 aliphatic carbocycles. The maximum Gasteiger partial charge on any atom is 0.439 e. The molecule has 0 bridgehead atoms. The zero-order chi connectivity index (χ0) is 11.3. The second kappa shape index (κ2) is 5.36. The monoisotopic (exact) mass is 209 g/mol. The summed E-state index contributed by atoms with van der Waals surface area (Å²) < 4.78 is 5.04. The number of nitrogens with zero attached hydrogens (tertiary/aromatic N) is 1. The van der Waals surface area contributed by atoms with Crippen LogP contribution in [0.3, 0.4) is 0 Å². The van der Waals surface area contributed by atoms with Crippen molar-refractivity contribution in [3.05, 3.63) is 30.3 Å². The largest absolute Gasteiger partial charge is 0.439 e. The highest BCUT2D eigenvalue weighted by molar-refractivity contribution is 5.69. The predicted octanol–water partition coefficient (Wildman–Crippen LogP) is 2.46. The zero-order valence-corrected chi connectivity index (χ0v) is 9.14. The molecule has 1 aromatic carbocycles. The summed E-state index contributed by atoms with van der Waals surface area (Å²) in [5, 5.41) is 1.08. The van der Waals surface area contributed by atoms with Crippen LogP contribution in [0.25, 0.3) is 0 Å². The van der Waals surface area contributed by atoms with Crippen LogP contribution in [0.1, 0.15) is 13.8 Å². The molecule has 0 unspecified atom stereocenters. The highest BCUT2D eigenvalue weighted by Crippen LogP contribution is 2.10.